The molecule has 1 fully saturated rings. The van der Waals surface area contributed by atoms with Gasteiger partial charge in [-0.3, -0.25) is 0 Å². The molecule has 7 heteroatoms. The van der Waals surface area contributed by atoms with E-state index in [2.05, 4.69) is 10.6 Å². The van der Waals surface area contributed by atoms with Crippen LogP contribution in [0.1, 0.15) is 20.3 Å². The zero-order chi connectivity index (χ0) is 13.6. The molecule has 1 aliphatic heterocycles. The summed E-state index contributed by atoms with van der Waals surface area (Å²) in [5, 5.41) is 14.2. The molecule has 0 aromatic rings. The summed E-state index contributed by atoms with van der Waals surface area (Å²) in [5.41, 5.74) is -1.31. The number of urea groups is 1. The van der Waals surface area contributed by atoms with Gasteiger partial charge in [0, 0.05) is 19.6 Å². The highest BCUT2D eigenvalue weighted by molar-refractivity contribution is 5.86. The van der Waals surface area contributed by atoms with Gasteiger partial charge in [-0.15, -0.1) is 0 Å². The van der Waals surface area contributed by atoms with Gasteiger partial charge in [-0.25, -0.2) is 9.59 Å². The van der Waals surface area contributed by atoms with E-state index in [4.69, 9.17) is 14.6 Å². The number of carboxylic acid groups (broad SMARTS) is 1. The normalized spacial score (nSPS) is 24.6. The van der Waals surface area contributed by atoms with Crippen LogP contribution in [0.4, 0.5) is 4.79 Å². The van der Waals surface area contributed by atoms with Gasteiger partial charge in [0.15, 0.2) is 5.54 Å². The van der Waals surface area contributed by atoms with E-state index in [0.717, 1.165) is 0 Å². The van der Waals surface area contributed by atoms with Crippen LogP contribution in [0.5, 0.6) is 0 Å². The quantitative estimate of drug-likeness (QED) is 0.622. The highest BCUT2D eigenvalue weighted by atomic mass is 16.5. The van der Waals surface area contributed by atoms with Gasteiger partial charge >= 0.3 is 12.0 Å². The second-order valence-corrected chi connectivity index (χ2v) is 4.35. The van der Waals surface area contributed by atoms with Gasteiger partial charge in [0.05, 0.1) is 19.3 Å². The Labute approximate surface area is 106 Å². The summed E-state index contributed by atoms with van der Waals surface area (Å²) in [6.45, 7) is 4.94. The van der Waals surface area contributed by atoms with Crippen molar-refractivity contribution < 1.29 is 24.2 Å². The lowest BCUT2D eigenvalue weighted by Gasteiger charge is -2.25. The molecule has 0 saturated carbocycles. The van der Waals surface area contributed by atoms with Crippen molar-refractivity contribution >= 4 is 12.0 Å². The maximum absolute atomic E-state index is 11.7. The summed E-state index contributed by atoms with van der Waals surface area (Å²) < 4.78 is 10.2. The third kappa shape index (κ3) is 3.85. The van der Waals surface area contributed by atoms with Gasteiger partial charge < -0.3 is 25.2 Å². The van der Waals surface area contributed by atoms with E-state index >= 15 is 0 Å². The first-order chi connectivity index (χ1) is 8.50. The fraction of sp³-hybridized carbons (Fsp3) is 0.818. The molecule has 0 bridgehead atoms. The SMILES string of the molecule is CCOCC(C)NC(=O)NC1(C(=O)O)CCOC1. The maximum atomic E-state index is 11.7. The van der Waals surface area contributed by atoms with Gasteiger partial charge in [-0.1, -0.05) is 0 Å². The molecule has 2 amide bonds. The molecule has 7 nitrogen and oxygen atoms in total. The van der Waals surface area contributed by atoms with Crippen LogP contribution in [-0.4, -0.2) is 55.1 Å². The third-order valence-electron chi connectivity index (χ3n) is 2.73. The molecular formula is C11H20N2O5. The molecule has 2 atom stereocenters. The lowest BCUT2D eigenvalue weighted by Crippen LogP contribution is -2.59. The molecule has 1 saturated heterocycles. The second kappa shape index (κ2) is 6.55. The molecule has 1 heterocycles. The van der Waals surface area contributed by atoms with Crippen molar-refractivity contribution in [3.63, 3.8) is 0 Å². The first kappa shape index (κ1) is 14.7. The number of carboxylic acids is 1. The Morgan fingerprint density at radius 2 is 2.28 bits per heavy atom. The van der Waals surface area contributed by atoms with Gasteiger partial charge in [0.1, 0.15) is 0 Å². The van der Waals surface area contributed by atoms with Crippen molar-refractivity contribution in [2.45, 2.75) is 31.8 Å². The largest absolute Gasteiger partial charge is 0.479 e. The first-order valence-corrected chi connectivity index (χ1v) is 5.98. The first-order valence-electron chi connectivity index (χ1n) is 5.98. The molecule has 0 spiro atoms. The average Bonchev–Trinajstić information content (AvgIpc) is 2.75. The zero-order valence-electron chi connectivity index (χ0n) is 10.7. The van der Waals surface area contributed by atoms with Crippen LogP contribution in [0.15, 0.2) is 0 Å². The number of nitrogens with one attached hydrogen (secondary N) is 2. The monoisotopic (exact) mass is 260 g/mol. The molecule has 18 heavy (non-hydrogen) atoms. The molecule has 3 N–H and O–H groups in total. The smallest absolute Gasteiger partial charge is 0.332 e. The number of aliphatic carboxylic acids is 1. The lowest BCUT2D eigenvalue weighted by atomic mass is 9.99. The summed E-state index contributed by atoms with van der Waals surface area (Å²) in [5.74, 6) is -1.08. The van der Waals surface area contributed by atoms with Gasteiger partial charge in [-0.05, 0) is 13.8 Å². The molecule has 0 aromatic carbocycles. The van der Waals surface area contributed by atoms with E-state index in [9.17, 15) is 9.59 Å². The minimum atomic E-state index is -1.31. The molecule has 0 aromatic heterocycles. The second-order valence-electron chi connectivity index (χ2n) is 4.35. The van der Waals surface area contributed by atoms with E-state index in [-0.39, 0.29) is 19.1 Å². The number of hydrogen-bond acceptors (Lipinski definition) is 4. The maximum Gasteiger partial charge on any atom is 0.332 e. The average molecular weight is 260 g/mol. The van der Waals surface area contributed by atoms with Crippen LogP contribution in [0.25, 0.3) is 0 Å². The molecule has 0 aliphatic carbocycles. The van der Waals surface area contributed by atoms with E-state index in [0.29, 0.717) is 19.8 Å². The minimum Gasteiger partial charge on any atom is -0.479 e. The fourth-order valence-corrected chi connectivity index (χ4v) is 1.70. The van der Waals surface area contributed by atoms with Crippen LogP contribution in [0.2, 0.25) is 0 Å². The van der Waals surface area contributed by atoms with Crippen molar-refractivity contribution in [2.75, 3.05) is 26.4 Å². The molecule has 1 aliphatic rings. The van der Waals surface area contributed by atoms with E-state index in [1.807, 2.05) is 6.92 Å². The van der Waals surface area contributed by atoms with Gasteiger partial charge in [-0.2, -0.15) is 0 Å². The number of carbonyl (C=O) groups excluding carboxylic acids is 1. The van der Waals surface area contributed by atoms with Gasteiger partial charge in [0.2, 0.25) is 0 Å². The topological polar surface area (TPSA) is 96.9 Å². The highest BCUT2D eigenvalue weighted by Crippen LogP contribution is 2.18. The van der Waals surface area contributed by atoms with E-state index in [1.54, 1.807) is 6.92 Å². The Bertz CT molecular complexity index is 302. The standard InChI is InChI=1S/C11H20N2O5/c1-3-17-6-8(2)12-10(16)13-11(9(14)15)4-5-18-7-11/h8H,3-7H2,1-2H3,(H,14,15)(H2,12,13,16). The molecular weight excluding hydrogens is 240 g/mol. The number of ether oxygens (including phenoxy) is 2. The summed E-state index contributed by atoms with van der Waals surface area (Å²) in [6.07, 6.45) is 0.273. The van der Waals surface area contributed by atoms with Crippen molar-refractivity contribution in [1.29, 1.82) is 0 Å². The highest BCUT2D eigenvalue weighted by Gasteiger charge is 2.44. The van der Waals surface area contributed by atoms with Crippen LogP contribution in [-0.2, 0) is 14.3 Å². The predicted molar refractivity (Wildman–Crippen MR) is 63.4 cm³/mol. The zero-order valence-corrected chi connectivity index (χ0v) is 10.7. The van der Waals surface area contributed by atoms with E-state index in [1.165, 1.54) is 0 Å². The van der Waals surface area contributed by atoms with Crippen molar-refractivity contribution in [2.24, 2.45) is 0 Å². The van der Waals surface area contributed by atoms with Crippen molar-refractivity contribution in [1.82, 2.24) is 10.6 Å². The molecule has 0 radical (unpaired) electrons. The van der Waals surface area contributed by atoms with Crippen LogP contribution < -0.4 is 10.6 Å². The lowest BCUT2D eigenvalue weighted by molar-refractivity contribution is -0.144. The molecule has 2 unspecified atom stereocenters. The van der Waals surface area contributed by atoms with Crippen LogP contribution in [0, 0.1) is 0 Å². The Hall–Kier alpha value is -1.34. The number of carbonyl (C=O) groups is 2. The van der Waals surface area contributed by atoms with Crippen LogP contribution in [0.3, 0.4) is 0 Å². The Morgan fingerprint density at radius 1 is 1.56 bits per heavy atom. The predicted octanol–water partition coefficient (Wildman–Crippen LogP) is -0.0457. The number of amides is 2. The Morgan fingerprint density at radius 3 is 2.78 bits per heavy atom. The minimum absolute atomic E-state index is 0.00437. The van der Waals surface area contributed by atoms with Crippen LogP contribution >= 0.6 is 0 Å². The fourth-order valence-electron chi connectivity index (χ4n) is 1.70. The third-order valence-corrected chi connectivity index (χ3v) is 2.73. The summed E-state index contributed by atoms with van der Waals surface area (Å²) >= 11 is 0. The van der Waals surface area contributed by atoms with Crippen molar-refractivity contribution in [3.8, 4) is 0 Å². The number of hydrogen-bond donors (Lipinski definition) is 3. The Kier molecular flexibility index (Phi) is 5.36. The molecule has 104 valence electrons. The van der Waals surface area contributed by atoms with Crippen molar-refractivity contribution in [3.05, 3.63) is 0 Å². The summed E-state index contributed by atoms with van der Waals surface area (Å²) in [7, 11) is 0. The summed E-state index contributed by atoms with van der Waals surface area (Å²) in [4.78, 5) is 22.9. The molecule has 1 rings (SSSR count). The Balaban J connectivity index is 2.45. The van der Waals surface area contributed by atoms with Gasteiger partial charge in [0.25, 0.3) is 0 Å². The van der Waals surface area contributed by atoms with E-state index < -0.39 is 17.5 Å². The summed E-state index contributed by atoms with van der Waals surface area (Å²) in [6, 6.07) is -0.701. The number of rotatable bonds is 6.